The highest BCUT2D eigenvalue weighted by Gasteiger charge is 2.10. The van der Waals surface area contributed by atoms with Gasteiger partial charge in [-0.05, 0) is 42.8 Å². The molecule has 1 aromatic heterocycles. The zero-order valence-corrected chi connectivity index (χ0v) is 14.6. The Kier molecular flexibility index (Phi) is 5.62. The lowest BCUT2D eigenvalue weighted by molar-refractivity contribution is 0.458. The summed E-state index contributed by atoms with van der Waals surface area (Å²) in [5.41, 5.74) is 2.14. The monoisotopic (exact) mass is 368 g/mol. The maximum Gasteiger partial charge on any atom is 0.219 e. The minimum Gasteiger partial charge on any atom is -0.437 e. The summed E-state index contributed by atoms with van der Waals surface area (Å²) >= 11 is 9.57. The SMILES string of the molecule is CNCc1cc(Oc2ccc(Br)cc2Cl)nc(C(C)C)c1. The summed E-state index contributed by atoms with van der Waals surface area (Å²) in [6.07, 6.45) is 0. The largest absolute Gasteiger partial charge is 0.437 e. The summed E-state index contributed by atoms with van der Waals surface area (Å²) in [6, 6.07) is 9.55. The van der Waals surface area contributed by atoms with Crippen molar-refractivity contribution in [3.8, 4) is 11.6 Å². The molecule has 3 nitrogen and oxygen atoms in total. The van der Waals surface area contributed by atoms with E-state index in [1.807, 2.05) is 25.2 Å². The molecule has 0 unspecified atom stereocenters. The number of ether oxygens (including phenoxy) is 1. The fourth-order valence-electron chi connectivity index (χ4n) is 1.91. The Morgan fingerprint density at radius 2 is 2.05 bits per heavy atom. The van der Waals surface area contributed by atoms with Crippen molar-refractivity contribution in [1.29, 1.82) is 0 Å². The minimum atomic E-state index is 0.338. The number of aromatic nitrogens is 1. The Labute approximate surface area is 138 Å². The standard InChI is InChI=1S/C16H18BrClN2O/c1-10(2)14-6-11(9-19-3)7-16(20-14)21-15-5-4-12(17)8-13(15)18/h4-8,10,19H,9H2,1-3H3. The molecule has 2 rings (SSSR count). The van der Waals surface area contributed by atoms with E-state index < -0.39 is 0 Å². The van der Waals surface area contributed by atoms with E-state index in [1.54, 1.807) is 6.07 Å². The number of hydrogen-bond donors (Lipinski definition) is 1. The molecule has 0 aliphatic heterocycles. The molecule has 1 aromatic carbocycles. The van der Waals surface area contributed by atoms with Crippen LogP contribution in [0.3, 0.4) is 0 Å². The van der Waals surface area contributed by atoms with Gasteiger partial charge in [0.05, 0.1) is 5.02 Å². The van der Waals surface area contributed by atoms with E-state index in [1.165, 1.54) is 0 Å². The second-order valence-electron chi connectivity index (χ2n) is 5.10. The summed E-state index contributed by atoms with van der Waals surface area (Å²) in [7, 11) is 1.92. The van der Waals surface area contributed by atoms with Crippen LogP contribution >= 0.6 is 27.5 Å². The van der Waals surface area contributed by atoms with Gasteiger partial charge in [0.15, 0.2) is 0 Å². The Bertz CT molecular complexity index is 632. The topological polar surface area (TPSA) is 34.1 Å². The molecular formula is C16H18BrClN2O. The van der Waals surface area contributed by atoms with Gasteiger partial charge in [-0.1, -0.05) is 41.4 Å². The Balaban J connectivity index is 2.33. The zero-order valence-electron chi connectivity index (χ0n) is 12.3. The first-order valence-electron chi connectivity index (χ1n) is 6.78. The Morgan fingerprint density at radius 3 is 2.67 bits per heavy atom. The lowest BCUT2D eigenvalue weighted by Gasteiger charge is -2.12. The van der Waals surface area contributed by atoms with E-state index in [4.69, 9.17) is 16.3 Å². The Morgan fingerprint density at radius 1 is 1.29 bits per heavy atom. The molecule has 0 amide bonds. The molecule has 112 valence electrons. The van der Waals surface area contributed by atoms with Crippen molar-refractivity contribution in [3.63, 3.8) is 0 Å². The molecule has 0 saturated heterocycles. The van der Waals surface area contributed by atoms with Crippen molar-refractivity contribution in [2.24, 2.45) is 0 Å². The third-order valence-electron chi connectivity index (χ3n) is 2.96. The van der Waals surface area contributed by atoms with Gasteiger partial charge in [-0.3, -0.25) is 0 Å². The molecule has 0 saturated carbocycles. The second-order valence-corrected chi connectivity index (χ2v) is 6.42. The van der Waals surface area contributed by atoms with E-state index >= 15 is 0 Å². The van der Waals surface area contributed by atoms with Crippen LogP contribution in [0.2, 0.25) is 5.02 Å². The summed E-state index contributed by atoms with van der Waals surface area (Å²) in [5.74, 6) is 1.50. The molecule has 0 atom stereocenters. The van der Waals surface area contributed by atoms with Crippen molar-refractivity contribution >= 4 is 27.5 Å². The van der Waals surface area contributed by atoms with Crippen LogP contribution in [0.25, 0.3) is 0 Å². The summed E-state index contributed by atoms with van der Waals surface area (Å²) in [5, 5.41) is 3.70. The van der Waals surface area contributed by atoms with Crippen LogP contribution in [0.5, 0.6) is 11.6 Å². The number of benzene rings is 1. The van der Waals surface area contributed by atoms with Gasteiger partial charge in [0.25, 0.3) is 0 Å². The van der Waals surface area contributed by atoms with Gasteiger partial charge in [0.1, 0.15) is 5.75 Å². The third kappa shape index (κ3) is 4.43. The van der Waals surface area contributed by atoms with Gasteiger partial charge in [-0.2, -0.15) is 0 Å². The third-order valence-corrected chi connectivity index (χ3v) is 3.75. The smallest absolute Gasteiger partial charge is 0.219 e. The van der Waals surface area contributed by atoms with Crippen molar-refractivity contribution < 1.29 is 4.74 Å². The van der Waals surface area contributed by atoms with Crippen LogP contribution in [-0.2, 0) is 6.54 Å². The molecule has 2 aromatic rings. The van der Waals surface area contributed by atoms with Crippen LogP contribution in [-0.4, -0.2) is 12.0 Å². The predicted octanol–water partition coefficient (Wildman–Crippen LogP) is 5.13. The number of nitrogens with one attached hydrogen (secondary N) is 1. The van der Waals surface area contributed by atoms with Gasteiger partial charge in [0, 0.05) is 22.8 Å². The maximum atomic E-state index is 6.19. The van der Waals surface area contributed by atoms with Gasteiger partial charge in [-0.15, -0.1) is 0 Å². The van der Waals surface area contributed by atoms with Crippen LogP contribution in [0.1, 0.15) is 31.0 Å². The first kappa shape index (κ1) is 16.3. The second kappa shape index (κ2) is 7.25. The van der Waals surface area contributed by atoms with Crippen molar-refractivity contribution in [1.82, 2.24) is 10.3 Å². The van der Waals surface area contributed by atoms with Crippen molar-refractivity contribution in [3.05, 3.63) is 51.1 Å². The normalized spacial score (nSPS) is 11.0. The van der Waals surface area contributed by atoms with Crippen LogP contribution in [0.15, 0.2) is 34.8 Å². The van der Waals surface area contributed by atoms with Crippen LogP contribution < -0.4 is 10.1 Å². The maximum absolute atomic E-state index is 6.19. The molecule has 0 spiro atoms. The summed E-state index contributed by atoms with van der Waals surface area (Å²) in [4.78, 5) is 4.55. The van der Waals surface area contributed by atoms with Crippen molar-refractivity contribution in [2.45, 2.75) is 26.3 Å². The lowest BCUT2D eigenvalue weighted by atomic mass is 10.1. The van der Waals surface area contributed by atoms with E-state index in [0.717, 1.165) is 22.3 Å². The molecule has 1 heterocycles. The van der Waals surface area contributed by atoms with Gasteiger partial charge in [-0.25, -0.2) is 4.98 Å². The number of rotatable bonds is 5. The zero-order chi connectivity index (χ0) is 15.4. The molecule has 21 heavy (non-hydrogen) atoms. The van der Waals surface area contributed by atoms with E-state index in [9.17, 15) is 0 Å². The first-order chi connectivity index (χ1) is 9.99. The molecule has 1 N–H and O–H groups in total. The molecule has 0 bridgehead atoms. The Hall–Kier alpha value is -1.10. The number of halogens is 2. The van der Waals surface area contributed by atoms with Gasteiger partial charge in [0.2, 0.25) is 5.88 Å². The van der Waals surface area contributed by atoms with Gasteiger partial charge >= 0.3 is 0 Å². The summed E-state index contributed by atoms with van der Waals surface area (Å²) in [6.45, 7) is 5.00. The minimum absolute atomic E-state index is 0.338. The molecule has 0 aliphatic carbocycles. The average Bonchev–Trinajstić information content (AvgIpc) is 2.42. The molecular weight excluding hydrogens is 352 g/mol. The quantitative estimate of drug-likeness (QED) is 0.793. The number of hydrogen-bond acceptors (Lipinski definition) is 3. The molecule has 5 heteroatoms. The fourth-order valence-corrected chi connectivity index (χ4v) is 2.62. The number of nitrogens with zero attached hydrogens (tertiary/aromatic N) is 1. The van der Waals surface area contributed by atoms with E-state index in [0.29, 0.717) is 22.6 Å². The number of pyridine rings is 1. The molecule has 0 radical (unpaired) electrons. The average molecular weight is 370 g/mol. The highest BCUT2D eigenvalue weighted by atomic mass is 79.9. The highest BCUT2D eigenvalue weighted by molar-refractivity contribution is 9.10. The molecule has 0 fully saturated rings. The van der Waals surface area contributed by atoms with E-state index in [-0.39, 0.29) is 0 Å². The van der Waals surface area contributed by atoms with Gasteiger partial charge < -0.3 is 10.1 Å². The van der Waals surface area contributed by atoms with Crippen LogP contribution in [0.4, 0.5) is 0 Å². The highest BCUT2D eigenvalue weighted by Crippen LogP contribution is 2.32. The fraction of sp³-hybridized carbons (Fsp3) is 0.312. The van der Waals surface area contributed by atoms with Crippen LogP contribution in [0, 0.1) is 0 Å². The first-order valence-corrected chi connectivity index (χ1v) is 7.95. The van der Waals surface area contributed by atoms with Crippen molar-refractivity contribution in [2.75, 3.05) is 7.05 Å². The molecule has 0 aliphatic rings. The van der Waals surface area contributed by atoms with E-state index in [2.05, 4.69) is 46.1 Å². The lowest BCUT2D eigenvalue weighted by Crippen LogP contribution is -2.07. The predicted molar refractivity (Wildman–Crippen MR) is 90.3 cm³/mol. The summed E-state index contributed by atoms with van der Waals surface area (Å²) < 4.78 is 6.77.